The summed E-state index contributed by atoms with van der Waals surface area (Å²) in [4.78, 5) is 23.0. The molecule has 1 saturated carbocycles. The van der Waals surface area contributed by atoms with Crippen LogP contribution in [0.25, 0.3) is 0 Å². The SMILES string of the molecule is O=C(CBr)C(NC(=O)C(F)(F)C(F)(F)F)C1CCCCC1. The van der Waals surface area contributed by atoms with Crippen molar-refractivity contribution in [1.29, 1.82) is 0 Å². The van der Waals surface area contributed by atoms with Crippen molar-refractivity contribution < 1.29 is 31.5 Å². The number of hydrogen-bond acceptors (Lipinski definition) is 2. The maximum absolute atomic E-state index is 13.0. The van der Waals surface area contributed by atoms with Gasteiger partial charge in [0, 0.05) is 0 Å². The van der Waals surface area contributed by atoms with Gasteiger partial charge in [0.2, 0.25) is 0 Å². The first-order chi connectivity index (χ1) is 9.61. The van der Waals surface area contributed by atoms with Crippen LogP contribution in [0.3, 0.4) is 0 Å². The van der Waals surface area contributed by atoms with Crippen molar-refractivity contribution in [3.8, 4) is 0 Å². The zero-order valence-electron chi connectivity index (χ0n) is 11.0. The number of rotatable bonds is 5. The fraction of sp³-hybridized carbons (Fsp3) is 0.833. The van der Waals surface area contributed by atoms with Crippen LogP contribution in [-0.4, -0.2) is 35.2 Å². The Kier molecular flexibility index (Phi) is 6.12. The molecule has 1 aliphatic carbocycles. The summed E-state index contributed by atoms with van der Waals surface area (Å²) in [5.41, 5.74) is 0. The van der Waals surface area contributed by atoms with Crippen LogP contribution in [0.1, 0.15) is 32.1 Å². The van der Waals surface area contributed by atoms with Crippen LogP contribution in [0.2, 0.25) is 0 Å². The standard InChI is InChI=1S/C12H15BrF5NO2/c13-6-8(20)9(7-4-2-1-3-5-7)19-10(21)11(14,15)12(16,17)18/h7,9H,1-6H2,(H,19,21). The monoisotopic (exact) mass is 379 g/mol. The molecular formula is C12H15BrF5NO2. The molecule has 1 aliphatic rings. The Morgan fingerprint density at radius 2 is 1.62 bits per heavy atom. The highest BCUT2D eigenvalue weighted by atomic mass is 79.9. The summed E-state index contributed by atoms with van der Waals surface area (Å²) in [5.74, 6) is -8.99. The quantitative estimate of drug-likeness (QED) is 0.588. The molecule has 3 nitrogen and oxygen atoms in total. The van der Waals surface area contributed by atoms with Gasteiger partial charge in [-0.2, -0.15) is 22.0 Å². The number of nitrogens with one attached hydrogen (secondary N) is 1. The lowest BCUT2D eigenvalue weighted by Crippen LogP contribution is -2.56. The number of carbonyl (C=O) groups excluding carboxylic acids is 2. The Hall–Kier alpha value is -0.730. The fourth-order valence-electron chi connectivity index (χ4n) is 2.37. The number of carbonyl (C=O) groups is 2. The van der Waals surface area contributed by atoms with E-state index in [4.69, 9.17) is 0 Å². The van der Waals surface area contributed by atoms with E-state index in [1.165, 1.54) is 0 Å². The van der Waals surface area contributed by atoms with E-state index < -0.39 is 35.7 Å². The van der Waals surface area contributed by atoms with Crippen molar-refractivity contribution in [3.63, 3.8) is 0 Å². The van der Waals surface area contributed by atoms with Crippen LogP contribution in [0.15, 0.2) is 0 Å². The maximum atomic E-state index is 13.0. The molecule has 122 valence electrons. The van der Waals surface area contributed by atoms with Crippen molar-refractivity contribution in [1.82, 2.24) is 5.32 Å². The number of hydrogen-bond donors (Lipinski definition) is 1. The number of Topliss-reactive ketones (excluding diaryl/α,β-unsaturated/α-hetero) is 1. The lowest BCUT2D eigenvalue weighted by Gasteiger charge is -2.31. The van der Waals surface area contributed by atoms with Crippen molar-refractivity contribution >= 4 is 27.6 Å². The van der Waals surface area contributed by atoms with Crippen LogP contribution < -0.4 is 5.32 Å². The van der Waals surface area contributed by atoms with Crippen LogP contribution in [0, 0.1) is 5.92 Å². The summed E-state index contributed by atoms with van der Waals surface area (Å²) in [7, 11) is 0. The van der Waals surface area contributed by atoms with Gasteiger partial charge in [0.15, 0.2) is 5.78 Å². The zero-order valence-corrected chi connectivity index (χ0v) is 12.6. The predicted molar refractivity (Wildman–Crippen MR) is 68.3 cm³/mol. The van der Waals surface area contributed by atoms with Crippen LogP contribution in [0.5, 0.6) is 0 Å². The molecule has 1 rings (SSSR count). The van der Waals surface area contributed by atoms with Gasteiger partial charge in [0.1, 0.15) is 0 Å². The molecule has 0 aromatic rings. The van der Waals surface area contributed by atoms with E-state index in [1.54, 1.807) is 5.32 Å². The van der Waals surface area contributed by atoms with E-state index in [9.17, 15) is 31.5 Å². The minimum Gasteiger partial charge on any atom is -0.340 e. The molecule has 21 heavy (non-hydrogen) atoms. The number of amides is 1. The second kappa shape index (κ2) is 7.02. The van der Waals surface area contributed by atoms with Crippen LogP contribution >= 0.6 is 15.9 Å². The van der Waals surface area contributed by atoms with Crippen LogP contribution in [0.4, 0.5) is 22.0 Å². The van der Waals surface area contributed by atoms with Gasteiger partial charge in [0.25, 0.3) is 0 Å². The Labute approximate surface area is 126 Å². The summed E-state index contributed by atoms with van der Waals surface area (Å²) >= 11 is 2.85. The first-order valence-electron chi connectivity index (χ1n) is 6.45. The van der Waals surface area contributed by atoms with Gasteiger partial charge < -0.3 is 5.32 Å². The Bertz CT molecular complexity index is 394. The average molecular weight is 380 g/mol. The van der Waals surface area contributed by atoms with Gasteiger partial charge in [-0.15, -0.1) is 0 Å². The van der Waals surface area contributed by atoms with E-state index in [2.05, 4.69) is 15.9 Å². The summed E-state index contributed by atoms with van der Waals surface area (Å²) in [6.07, 6.45) is -2.53. The molecule has 0 saturated heterocycles. The molecule has 0 aromatic heterocycles. The molecule has 0 radical (unpaired) electrons. The third kappa shape index (κ3) is 4.37. The molecule has 0 spiro atoms. The number of halogens is 6. The third-order valence-corrected chi connectivity index (χ3v) is 4.08. The van der Waals surface area contributed by atoms with Crippen molar-refractivity contribution in [3.05, 3.63) is 0 Å². The highest BCUT2D eigenvalue weighted by Gasteiger charge is 2.63. The first-order valence-corrected chi connectivity index (χ1v) is 7.57. The van der Waals surface area contributed by atoms with E-state index in [-0.39, 0.29) is 5.33 Å². The van der Waals surface area contributed by atoms with Gasteiger partial charge in [-0.1, -0.05) is 35.2 Å². The normalized spacial score (nSPS) is 19.1. The number of ketones is 1. The topological polar surface area (TPSA) is 46.2 Å². The largest absolute Gasteiger partial charge is 0.463 e. The van der Waals surface area contributed by atoms with Gasteiger partial charge in [0.05, 0.1) is 11.4 Å². The molecule has 1 unspecified atom stereocenters. The smallest absolute Gasteiger partial charge is 0.340 e. The maximum Gasteiger partial charge on any atom is 0.463 e. The molecular weight excluding hydrogens is 365 g/mol. The molecule has 0 aromatic carbocycles. The molecule has 9 heteroatoms. The van der Waals surface area contributed by atoms with Crippen molar-refractivity contribution in [2.75, 3.05) is 5.33 Å². The summed E-state index contributed by atoms with van der Waals surface area (Å²) in [6, 6.07) is -1.31. The van der Waals surface area contributed by atoms with Gasteiger partial charge in [-0.3, -0.25) is 9.59 Å². The molecule has 0 heterocycles. The van der Waals surface area contributed by atoms with Gasteiger partial charge >= 0.3 is 18.0 Å². The molecule has 0 bridgehead atoms. The molecule has 0 aliphatic heterocycles. The first kappa shape index (κ1) is 18.3. The van der Waals surface area contributed by atoms with Crippen molar-refractivity contribution in [2.45, 2.75) is 50.2 Å². The zero-order chi connectivity index (χ0) is 16.3. The summed E-state index contributed by atoms with van der Waals surface area (Å²) in [5, 5.41) is 1.38. The second-order valence-corrected chi connectivity index (χ2v) is 5.58. The van der Waals surface area contributed by atoms with Crippen LogP contribution in [-0.2, 0) is 9.59 Å². The fourth-order valence-corrected chi connectivity index (χ4v) is 2.72. The Balaban J connectivity index is 2.86. The lowest BCUT2D eigenvalue weighted by molar-refractivity contribution is -0.270. The van der Waals surface area contributed by atoms with Gasteiger partial charge in [-0.05, 0) is 18.8 Å². The summed E-state index contributed by atoms with van der Waals surface area (Å²) < 4.78 is 62.4. The highest BCUT2D eigenvalue weighted by Crippen LogP contribution is 2.36. The highest BCUT2D eigenvalue weighted by molar-refractivity contribution is 9.09. The lowest BCUT2D eigenvalue weighted by atomic mass is 9.82. The molecule has 1 atom stereocenters. The third-order valence-electron chi connectivity index (χ3n) is 3.53. The summed E-state index contributed by atoms with van der Waals surface area (Å²) in [6.45, 7) is 0. The minimum atomic E-state index is -5.98. The van der Waals surface area contributed by atoms with Gasteiger partial charge in [-0.25, -0.2) is 0 Å². The molecule has 1 amide bonds. The minimum absolute atomic E-state index is 0.216. The molecule has 1 N–H and O–H groups in total. The van der Waals surface area contributed by atoms with E-state index in [1.807, 2.05) is 0 Å². The Morgan fingerprint density at radius 1 is 1.10 bits per heavy atom. The molecule has 1 fully saturated rings. The van der Waals surface area contributed by atoms with Crippen molar-refractivity contribution in [2.24, 2.45) is 5.92 Å². The van der Waals surface area contributed by atoms with E-state index in [0.29, 0.717) is 12.8 Å². The van der Waals surface area contributed by atoms with E-state index >= 15 is 0 Å². The Morgan fingerprint density at radius 3 is 2.05 bits per heavy atom. The number of alkyl halides is 6. The predicted octanol–water partition coefficient (Wildman–Crippen LogP) is 3.21. The average Bonchev–Trinajstić information content (AvgIpc) is 2.43. The van der Waals surface area contributed by atoms with E-state index in [0.717, 1.165) is 19.3 Å². The second-order valence-electron chi connectivity index (χ2n) is 5.02.